The lowest BCUT2D eigenvalue weighted by molar-refractivity contribution is 0.590. The van der Waals surface area contributed by atoms with Crippen LogP contribution in [0.15, 0.2) is 53.4 Å². The minimum atomic E-state index is -3.69. The Balaban J connectivity index is 0.00000256. The molecule has 4 rings (SSSR count). The number of anilines is 2. The molecule has 0 radical (unpaired) electrons. The first kappa shape index (κ1) is 22.4. The molecule has 1 aliphatic rings. The van der Waals surface area contributed by atoms with Gasteiger partial charge in [0.05, 0.1) is 10.6 Å². The van der Waals surface area contributed by atoms with Crippen LogP contribution in [0.3, 0.4) is 0 Å². The number of nitrogens with zero attached hydrogens (tertiary/aromatic N) is 1. The minimum absolute atomic E-state index is 0. The molecule has 3 aromatic rings. The Morgan fingerprint density at radius 3 is 2.13 bits per heavy atom. The number of benzene rings is 3. The van der Waals surface area contributed by atoms with Crippen molar-refractivity contribution in [3.05, 3.63) is 65.2 Å². The van der Waals surface area contributed by atoms with Crippen molar-refractivity contribution in [2.45, 2.75) is 25.7 Å². The van der Waals surface area contributed by atoms with E-state index in [-0.39, 0.29) is 12.4 Å². The fraction of sp³-hybridized carbons (Fsp3) is 0.304. The molecule has 1 fully saturated rings. The Hall–Kier alpha value is -2.28. The lowest BCUT2D eigenvalue weighted by Crippen LogP contribution is -2.43. The summed E-state index contributed by atoms with van der Waals surface area (Å²) in [6.07, 6.45) is 0. The fourth-order valence-electron chi connectivity index (χ4n) is 4.34. The molecule has 0 bridgehead atoms. The van der Waals surface area contributed by atoms with E-state index in [1.54, 1.807) is 0 Å². The van der Waals surface area contributed by atoms with Crippen molar-refractivity contribution >= 4 is 44.6 Å². The lowest BCUT2D eigenvalue weighted by atomic mass is 10.1. The van der Waals surface area contributed by atoms with Gasteiger partial charge < -0.3 is 10.2 Å². The number of piperazine rings is 1. The number of halogens is 1. The lowest BCUT2D eigenvalue weighted by Gasteiger charge is -2.31. The van der Waals surface area contributed by atoms with Crippen molar-refractivity contribution in [2.75, 3.05) is 35.8 Å². The summed E-state index contributed by atoms with van der Waals surface area (Å²) in [5.74, 6) is 0. The zero-order valence-electron chi connectivity index (χ0n) is 17.5. The summed E-state index contributed by atoms with van der Waals surface area (Å²) in [7, 11) is -3.69. The van der Waals surface area contributed by atoms with E-state index in [4.69, 9.17) is 0 Å². The Bertz CT molecular complexity index is 1150. The largest absolute Gasteiger partial charge is 0.368 e. The highest BCUT2D eigenvalue weighted by molar-refractivity contribution is 7.92. The second kappa shape index (κ2) is 8.84. The summed E-state index contributed by atoms with van der Waals surface area (Å²) in [4.78, 5) is 2.71. The van der Waals surface area contributed by atoms with Crippen LogP contribution in [0, 0.1) is 20.8 Å². The Labute approximate surface area is 184 Å². The van der Waals surface area contributed by atoms with Crippen molar-refractivity contribution in [1.29, 1.82) is 0 Å². The molecule has 30 heavy (non-hydrogen) atoms. The molecule has 7 heteroatoms. The molecule has 0 spiro atoms. The van der Waals surface area contributed by atoms with E-state index in [9.17, 15) is 8.42 Å². The summed E-state index contributed by atoms with van der Waals surface area (Å²) in [5, 5.41) is 5.35. The number of fused-ring (bicyclic) bond motifs is 1. The molecular weight excluding hydrogens is 418 g/mol. The van der Waals surface area contributed by atoms with Gasteiger partial charge in [-0.05, 0) is 44.0 Å². The van der Waals surface area contributed by atoms with Gasteiger partial charge in [0.15, 0.2) is 0 Å². The van der Waals surface area contributed by atoms with E-state index in [2.05, 4.69) is 21.0 Å². The highest BCUT2D eigenvalue weighted by Gasteiger charge is 2.22. The van der Waals surface area contributed by atoms with Crippen LogP contribution in [0.4, 0.5) is 11.4 Å². The zero-order chi connectivity index (χ0) is 20.6. The summed E-state index contributed by atoms with van der Waals surface area (Å²) in [6, 6.07) is 15.7. The number of hydrogen-bond donors (Lipinski definition) is 2. The van der Waals surface area contributed by atoms with Crippen LogP contribution in [-0.4, -0.2) is 34.6 Å². The molecule has 0 atom stereocenters. The average Bonchev–Trinajstić information content (AvgIpc) is 2.67. The van der Waals surface area contributed by atoms with Crippen LogP contribution in [0.5, 0.6) is 0 Å². The molecule has 160 valence electrons. The van der Waals surface area contributed by atoms with Gasteiger partial charge in [0, 0.05) is 42.6 Å². The Kier molecular flexibility index (Phi) is 6.60. The number of sulfonamides is 1. The third-order valence-corrected chi connectivity index (χ3v) is 7.15. The average molecular weight is 446 g/mol. The standard InChI is InChI=1S/C23H27N3O2S.ClH/c1-16-14-17(2)23(18(3)15-16)29(27,28)25-21-8-9-22(26-12-10-24-11-13-26)20-7-5-4-6-19(20)21;/h4-9,14-15,24-25H,10-13H2,1-3H3;1H. The summed E-state index contributed by atoms with van der Waals surface area (Å²) < 4.78 is 29.4. The fourth-order valence-corrected chi connectivity index (χ4v) is 5.88. The van der Waals surface area contributed by atoms with E-state index in [1.807, 2.05) is 63.2 Å². The molecule has 2 N–H and O–H groups in total. The summed E-state index contributed by atoms with van der Waals surface area (Å²) in [5.41, 5.74) is 4.34. The topological polar surface area (TPSA) is 61.4 Å². The predicted octanol–water partition coefficient (Wildman–Crippen LogP) is 4.40. The number of hydrogen-bond acceptors (Lipinski definition) is 4. The molecule has 0 unspecified atom stereocenters. The predicted molar refractivity (Wildman–Crippen MR) is 128 cm³/mol. The highest BCUT2D eigenvalue weighted by Crippen LogP contribution is 2.34. The number of aryl methyl sites for hydroxylation is 3. The van der Waals surface area contributed by atoms with Crippen LogP contribution in [0.2, 0.25) is 0 Å². The SMILES string of the molecule is Cc1cc(C)c(S(=O)(=O)Nc2ccc(N3CCNCC3)c3ccccc23)c(C)c1.Cl. The quantitative estimate of drug-likeness (QED) is 0.625. The smallest absolute Gasteiger partial charge is 0.262 e. The first-order valence-corrected chi connectivity index (χ1v) is 11.4. The summed E-state index contributed by atoms with van der Waals surface area (Å²) >= 11 is 0. The van der Waals surface area contributed by atoms with Gasteiger partial charge in [-0.1, -0.05) is 42.0 Å². The van der Waals surface area contributed by atoms with E-state index in [0.717, 1.165) is 59.3 Å². The molecule has 1 aliphatic heterocycles. The molecular formula is C23H28ClN3O2S. The first-order chi connectivity index (χ1) is 13.9. The Morgan fingerprint density at radius 2 is 1.50 bits per heavy atom. The maximum Gasteiger partial charge on any atom is 0.262 e. The molecule has 0 aliphatic carbocycles. The van der Waals surface area contributed by atoms with Crippen molar-refractivity contribution < 1.29 is 8.42 Å². The monoisotopic (exact) mass is 445 g/mol. The normalized spacial score (nSPS) is 14.4. The molecule has 1 heterocycles. The number of nitrogens with one attached hydrogen (secondary N) is 2. The van der Waals surface area contributed by atoms with Crippen LogP contribution in [-0.2, 0) is 10.0 Å². The van der Waals surface area contributed by atoms with Gasteiger partial charge in [-0.3, -0.25) is 4.72 Å². The zero-order valence-corrected chi connectivity index (χ0v) is 19.2. The molecule has 1 saturated heterocycles. The van der Waals surface area contributed by atoms with Gasteiger partial charge in [0.1, 0.15) is 0 Å². The third-order valence-electron chi connectivity index (χ3n) is 5.48. The third kappa shape index (κ3) is 4.26. The maximum atomic E-state index is 13.3. The van der Waals surface area contributed by atoms with E-state index in [0.29, 0.717) is 10.6 Å². The van der Waals surface area contributed by atoms with Crippen molar-refractivity contribution in [2.24, 2.45) is 0 Å². The van der Waals surface area contributed by atoms with Gasteiger partial charge in [-0.2, -0.15) is 0 Å². The maximum absolute atomic E-state index is 13.3. The minimum Gasteiger partial charge on any atom is -0.368 e. The van der Waals surface area contributed by atoms with Crippen LogP contribution >= 0.6 is 12.4 Å². The van der Waals surface area contributed by atoms with Crippen LogP contribution in [0.25, 0.3) is 10.8 Å². The van der Waals surface area contributed by atoms with E-state index < -0.39 is 10.0 Å². The molecule has 0 aromatic heterocycles. The van der Waals surface area contributed by atoms with Crippen LogP contribution < -0.4 is 14.9 Å². The number of rotatable bonds is 4. The molecule has 5 nitrogen and oxygen atoms in total. The first-order valence-electron chi connectivity index (χ1n) is 9.95. The van der Waals surface area contributed by atoms with Gasteiger partial charge >= 0.3 is 0 Å². The highest BCUT2D eigenvalue weighted by atomic mass is 35.5. The van der Waals surface area contributed by atoms with Gasteiger partial charge in [-0.15, -0.1) is 12.4 Å². The van der Waals surface area contributed by atoms with Crippen molar-refractivity contribution in [3.8, 4) is 0 Å². The Morgan fingerprint density at radius 1 is 0.900 bits per heavy atom. The molecule has 3 aromatic carbocycles. The molecule has 0 saturated carbocycles. The van der Waals surface area contributed by atoms with E-state index >= 15 is 0 Å². The molecule has 0 amide bonds. The van der Waals surface area contributed by atoms with Crippen molar-refractivity contribution in [1.82, 2.24) is 5.32 Å². The van der Waals surface area contributed by atoms with Gasteiger partial charge in [0.2, 0.25) is 0 Å². The van der Waals surface area contributed by atoms with Crippen LogP contribution in [0.1, 0.15) is 16.7 Å². The van der Waals surface area contributed by atoms with Gasteiger partial charge in [-0.25, -0.2) is 8.42 Å². The second-order valence-corrected chi connectivity index (χ2v) is 9.37. The van der Waals surface area contributed by atoms with Gasteiger partial charge in [0.25, 0.3) is 10.0 Å². The second-order valence-electron chi connectivity index (χ2n) is 7.75. The van der Waals surface area contributed by atoms with E-state index in [1.165, 1.54) is 0 Å². The summed E-state index contributed by atoms with van der Waals surface area (Å²) in [6.45, 7) is 9.46. The van der Waals surface area contributed by atoms with Crippen molar-refractivity contribution in [3.63, 3.8) is 0 Å².